The minimum absolute atomic E-state index is 0.0438. The maximum atomic E-state index is 12.1. The van der Waals surface area contributed by atoms with E-state index < -0.39 is 11.9 Å². The fourth-order valence-corrected chi connectivity index (χ4v) is 1.66. The number of anilines is 1. The zero-order chi connectivity index (χ0) is 13.8. The number of hydrogen-bond acceptors (Lipinski definition) is 5. The molecule has 0 aliphatic carbocycles. The van der Waals surface area contributed by atoms with Crippen LogP contribution in [0.2, 0.25) is 0 Å². The molecular weight excluding hydrogens is 246 g/mol. The van der Waals surface area contributed by atoms with Gasteiger partial charge in [0.2, 0.25) is 0 Å². The van der Waals surface area contributed by atoms with E-state index in [1.807, 2.05) is 6.07 Å². The van der Waals surface area contributed by atoms with Crippen LogP contribution >= 0.6 is 0 Å². The number of hydrazone groups is 1. The number of carbonyl (C=O) groups is 2. The fourth-order valence-electron chi connectivity index (χ4n) is 1.66. The first-order valence-corrected chi connectivity index (χ1v) is 5.76. The molecule has 1 aliphatic heterocycles. The topological polar surface area (TPSA) is 85.0 Å². The third kappa shape index (κ3) is 2.33. The predicted octanol–water partition coefficient (Wildman–Crippen LogP) is 0.795. The number of rotatable bonds is 3. The number of nitrogens with zero attached hydrogens (tertiary/aromatic N) is 2. The SMILES string of the molecule is CCOC(=O)C1=NN(c2ccccc2)C(=O)/C1=C/N. The highest BCUT2D eigenvalue weighted by molar-refractivity contribution is 6.53. The first-order valence-electron chi connectivity index (χ1n) is 5.76. The molecule has 0 aromatic heterocycles. The van der Waals surface area contributed by atoms with Gasteiger partial charge in [0, 0.05) is 6.20 Å². The van der Waals surface area contributed by atoms with E-state index in [1.165, 1.54) is 0 Å². The van der Waals surface area contributed by atoms with E-state index in [0.717, 1.165) is 11.2 Å². The Morgan fingerprint density at radius 1 is 1.42 bits per heavy atom. The lowest BCUT2D eigenvalue weighted by atomic mass is 10.1. The predicted molar refractivity (Wildman–Crippen MR) is 70.3 cm³/mol. The Kier molecular flexibility index (Phi) is 3.61. The van der Waals surface area contributed by atoms with Gasteiger partial charge in [-0.1, -0.05) is 18.2 Å². The lowest BCUT2D eigenvalue weighted by Gasteiger charge is -2.10. The molecule has 1 aliphatic rings. The van der Waals surface area contributed by atoms with E-state index in [4.69, 9.17) is 10.5 Å². The summed E-state index contributed by atoms with van der Waals surface area (Å²) >= 11 is 0. The Balaban J connectivity index is 2.38. The van der Waals surface area contributed by atoms with Crippen LogP contribution in [0.15, 0.2) is 47.2 Å². The molecule has 2 rings (SSSR count). The number of benzene rings is 1. The summed E-state index contributed by atoms with van der Waals surface area (Å²) in [5, 5.41) is 5.12. The molecule has 0 fully saturated rings. The van der Waals surface area contributed by atoms with Crippen molar-refractivity contribution in [3.63, 3.8) is 0 Å². The monoisotopic (exact) mass is 259 g/mol. The van der Waals surface area contributed by atoms with Gasteiger partial charge in [-0.25, -0.2) is 4.79 Å². The van der Waals surface area contributed by atoms with Crippen molar-refractivity contribution in [2.75, 3.05) is 11.6 Å². The van der Waals surface area contributed by atoms with Crippen molar-refractivity contribution in [1.29, 1.82) is 0 Å². The minimum Gasteiger partial charge on any atom is -0.461 e. The van der Waals surface area contributed by atoms with Crippen LogP contribution < -0.4 is 10.7 Å². The fraction of sp³-hybridized carbons (Fsp3) is 0.154. The molecular formula is C13H13N3O3. The molecule has 0 bridgehead atoms. The van der Waals surface area contributed by atoms with E-state index in [1.54, 1.807) is 31.2 Å². The van der Waals surface area contributed by atoms with Gasteiger partial charge in [-0.15, -0.1) is 0 Å². The van der Waals surface area contributed by atoms with Gasteiger partial charge in [-0.05, 0) is 19.1 Å². The maximum absolute atomic E-state index is 12.1. The number of carbonyl (C=O) groups excluding carboxylic acids is 2. The summed E-state index contributed by atoms with van der Waals surface area (Å²) in [5.41, 5.74) is 5.92. The second kappa shape index (κ2) is 5.34. The van der Waals surface area contributed by atoms with E-state index in [9.17, 15) is 9.59 Å². The summed E-state index contributed by atoms with van der Waals surface area (Å²) < 4.78 is 4.85. The number of amides is 1. The molecule has 1 aromatic carbocycles. The summed E-state index contributed by atoms with van der Waals surface area (Å²) in [6.45, 7) is 1.88. The molecule has 19 heavy (non-hydrogen) atoms. The molecule has 1 amide bonds. The molecule has 0 spiro atoms. The van der Waals surface area contributed by atoms with E-state index >= 15 is 0 Å². The minimum atomic E-state index is -0.661. The Morgan fingerprint density at radius 2 is 2.11 bits per heavy atom. The van der Waals surface area contributed by atoms with Gasteiger partial charge in [0.1, 0.15) is 0 Å². The van der Waals surface area contributed by atoms with Crippen LogP contribution in [0.25, 0.3) is 0 Å². The van der Waals surface area contributed by atoms with Crippen LogP contribution in [-0.2, 0) is 14.3 Å². The van der Waals surface area contributed by atoms with Crippen molar-refractivity contribution in [2.24, 2.45) is 10.8 Å². The summed E-state index contributed by atoms with van der Waals surface area (Å²) in [6.07, 6.45) is 1.07. The van der Waals surface area contributed by atoms with Crippen LogP contribution in [0.1, 0.15) is 6.92 Å². The van der Waals surface area contributed by atoms with Gasteiger partial charge < -0.3 is 10.5 Å². The number of ether oxygens (including phenoxy) is 1. The van der Waals surface area contributed by atoms with E-state index in [-0.39, 0.29) is 17.9 Å². The Labute approximate surface area is 110 Å². The lowest BCUT2D eigenvalue weighted by Crippen LogP contribution is -2.23. The van der Waals surface area contributed by atoms with Crippen LogP contribution in [0.3, 0.4) is 0 Å². The third-order valence-corrected chi connectivity index (χ3v) is 2.51. The van der Waals surface area contributed by atoms with Gasteiger partial charge >= 0.3 is 5.97 Å². The van der Waals surface area contributed by atoms with Gasteiger partial charge in [0.05, 0.1) is 17.9 Å². The molecule has 1 aromatic rings. The molecule has 2 N–H and O–H groups in total. The van der Waals surface area contributed by atoms with Gasteiger partial charge in [0.15, 0.2) is 5.71 Å². The van der Waals surface area contributed by atoms with Crippen molar-refractivity contribution < 1.29 is 14.3 Å². The summed E-state index contributed by atoms with van der Waals surface area (Å²) in [4.78, 5) is 23.8. The zero-order valence-corrected chi connectivity index (χ0v) is 10.4. The molecule has 0 atom stereocenters. The van der Waals surface area contributed by atoms with Crippen molar-refractivity contribution >= 4 is 23.3 Å². The molecule has 98 valence electrons. The Morgan fingerprint density at radius 3 is 2.68 bits per heavy atom. The first-order chi connectivity index (χ1) is 9.19. The van der Waals surface area contributed by atoms with Crippen LogP contribution in [0.4, 0.5) is 5.69 Å². The molecule has 0 saturated carbocycles. The first kappa shape index (κ1) is 12.8. The van der Waals surface area contributed by atoms with Crippen molar-refractivity contribution in [1.82, 2.24) is 0 Å². The third-order valence-electron chi connectivity index (χ3n) is 2.51. The number of esters is 1. The number of nitrogens with two attached hydrogens (primary N) is 1. The second-order valence-electron chi connectivity index (χ2n) is 3.70. The lowest BCUT2D eigenvalue weighted by molar-refractivity contribution is -0.135. The van der Waals surface area contributed by atoms with Crippen molar-refractivity contribution in [3.8, 4) is 0 Å². The smallest absolute Gasteiger partial charge is 0.359 e. The summed E-state index contributed by atoms with van der Waals surface area (Å²) in [6, 6.07) is 8.78. The van der Waals surface area contributed by atoms with Gasteiger partial charge in [-0.3, -0.25) is 4.79 Å². The summed E-state index contributed by atoms with van der Waals surface area (Å²) in [7, 11) is 0. The van der Waals surface area contributed by atoms with Crippen LogP contribution in [0.5, 0.6) is 0 Å². The average Bonchev–Trinajstić information content (AvgIpc) is 2.77. The van der Waals surface area contributed by atoms with E-state index in [2.05, 4.69) is 5.10 Å². The van der Waals surface area contributed by atoms with E-state index in [0.29, 0.717) is 5.69 Å². The molecule has 0 radical (unpaired) electrons. The second-order valence-corrected chi connectivity index (χ2v) is 3.70. The quantitative estimate of drug-likeness (QED) is 0.642. The molecule has 6 heteroatoms. The van der Waals surface area contributed by atoms with Crippen LogP contribution in [-0.4, -0.2) is 24.2 Å². The molecule has 6 nitrogen and oxygen atoms in total. The van der Waals surface area contributed by atoms with Gasteiger partial charge in [0.25, 0.3) is 5.91 Å². The Bertz CT molecular complexity index is 564. The highest BCUT2D eigenvalue weighted by Gasteiger charge is 2.35. The zero-order valence-electron chi connectivity index (χ0n) is 10.4. The normalized spacial score (nSPS) is 16.7. The summed E-state index contributed by atoms with van der Waals surface area (Å²) in [5.74, 6) is -1.11. The Hall–Kier alpha value is -2.63. The average molecular weight is 259 g/mol. The molecule has 0 unspecified atom stereocenters. The standard InChI is InChI=1S/C13H13N3O3/c1-2-19-13(18)11-10(8-14)12(17)16(15-11)9-6-4-3-5-7-9/h3-8H,2,14H2,1H3/b10-8+. The van der Waals surface area contributed by atoms with Crippen LogP contribution in [0, 0.1) is 0 Å². The number of hydrogen-bond donors (Lipinski definition) is 1. The highest BCUT2D eigenvalue weighted by atomic mass is 16.5. The van der Waals surface area contributed by atoms with Crippen molar-refractivity contribution in [3.05, 3.63) is 42.1 Å². The van der Waals surface area contributed by atoms with Crippen molar-refractivity contribution in [2.45, 2.75) is 6.92 Å². The maximum Gasteiger partial charge on any atom is 0.359 e. The molecule has 0 saturated heterocycles. The number of para-hydroxylation sites is 1. The largest absolute Gasteiger partial charge is 0.461 e. The van der Waals surface area contributed by atoms with Gasteiger partial charge in [-0.2, -0.15) is 10.1 Å². The molecule has 1 heterocycles. The highest BCUT2D eigenvalue weighted by Crippen LogP contribution is 2.23.